The van der Waals surface area contributed by atoms with E-state index in [9.17, 15) is 4.79 Å². The Morgan fingerprint density at radius 3 is 2.40 bits per heavy atom. The molecule has 0 aromatic heterocycles. The van der Waals surface area contributed by atoms with Crippen LogP contribution in [0.2, 0.25) is 10.0 Å². The average Bonchev–Trinajstić information content (AvgIpc) is 2.57. The van der Waals surface area contributed by atoms with Gasteiger partial charge in [0.2, 0.25) is 5.91 Å². The number of rotatable bonds is 6. The lowest BCUT2D eigenvalue weighted by Gasteiger charge is -2.36. The van der Waals surface area contributed by atoms with E-state index in [-0.39, 0.29) is 5.91 Å². The van der Waals surface area contributed by atoms with Crippen LogP contribution in [-0.2, 0) is 4.79 Å². The summed E-state index contributed by atoms with van der Waals surface area (Å²) in [6, 6.07) is 5.74. The van der Waals surface area contributed by atoms with Gasteiger partial charge in [-0.15, -0.1) is 0 Å². The zero-order chi connectivity index (χ0) is 18.4. The highest BCUT2D eigenvalue weighted by atomic mass is 35.5. The SMILES string of the molecule is CC1CCC(N(CCN(C)C)C(=O)/C=C/c2ccc(Cl)c(Cl)c2)CC1. The Hall–Kier alpha value is -1.03. The van der Waals surface area contributed by atoms with Crippen molar-refractivity contribution in [3.8, 4) is 0 Å². The first-order valence-electron chi connectivity index (χ1n) is 8.95. The summed E-state index contributed by atoms with van der Waals surface area (Å²) in [6.07, 6.45) is 8.08. The minimum absolute atomic E-state index is 0.0764. The van der Waals surface area contributed by atoms with Crippen molar-refractivity contribution >= 4 is 35.2 Å². The monoisotopic (exact) mass is 382 g/mol. The normalized spacial score (nSPS) is 21.0. The number of likely N-dealkylation sites (N-methyl/N-ethyl adjacent to an activating group) is 1. The molecule has 3 nitrogen and oxygen atoms in total. The van der Waals surface area contributed by atoms with Crippen LogP contribution in [-0.4, -0.2) is 48.9 Å². The smallest absolute Gasteiger partial charge is 0.246 e. The molecule has 1 amide bonds. The molecule has 0 N–H and O–H groups in total. The predicted octanol–water partition coefficient (Wildman–Crippen LogP) is 4.98. The van der Waals surface area contributed by atoms with Crippen LogP contribution in [0.25, 0.3) is 6.08 Å². The lowest BCUT2D eigenvalue weighted by atomic mass is 9.86. The number of carbonyl (C=O) groups excluding carboxylic acids is 1. The molecule has 0 unspecified atom stereocenters. The summed E-state index contributed by atoms with van der Waals surface area (Å²) in [4.78, 5) is 17.0. The van der Waals surface area contributed by atoms with Gasteiger partial charge in [-0.25, -0.2) is 0 Å². The van der Waals surface area contributed by atoms with Gasteiger partial charge in [0.25, 0.3) is 0 Å². The molecule has 25 heavy (non-hydrogen) atoms. The van der Waals surface area contributed by atoms with Crippen LogP contribution in [0.1, 0.15) is 38.2 Å². The van der Waals surface area contributed by atoms with Gasteiger partial charge in [0, 0.05) is 25.2 Å². The van der Waals surface area contributed by atoms with Crippen LogP contribution in [0.5, 0.6) is 0 Å². The number of nitrogens with zero attached hydrogens (tertiary/aromatic N) is 2. The number of benzene rings is 1. The van der Waals surface area contributed by atoms with E-state index >= 15 is 0 Å². The van der Waals surface area contributed by atoms with E-state index < -0.39 is 0 Å². The Balaban J connectivity index is 2.07. The molecule has 0 radical (unpaired) electrons. The van der Waals surface area contributed by atoms with E-state index in [4.69, 9.17) is 23.2 Å². The van der Waals surface area contributed by atoms with Crippen molar-refractivity contribution < 1.29 is 4.79 Å². The Labute approximate surface area is 161 Å². The van der Waals surface area contributed by atoms with Gasteiger partial charge in [0.15, 0.2) is 0 Å². The van der Waals surface area contributed by atoms with Crippen molar-refractivity contribution in [2.75, 3.05) is 27.2 Å². The molecule has 1 fully saturated rings. The van der Waals surface area contributed by atoms with Crippen LogP contribution >= 0.6 is 23.2 Å². The van der Waals surface area contributed by atoms with Gasteiger partial charge in [0.05, 0.1) is 10.0 Å². The molecule has 138 valence electrons. The maximum absolute atomic E-state index is 12.8. The van der Waals surface area contributed by atoms with Gasteiger partial charge in [0.1, 0.15) is 0 Å². The fraction of sp³-hybridized carbons (Fsp3) is 0.550. The molecule has 1 aromatic carbocycles. The Bertz CT molecular complexity index is 608. The van der Waals surface area contributed by atoms with Crippen molar-refractivity contribution in [3.63, 3.8) is 0 Å². The standard InChI is InChI=1S/C20H28Cl2N2O/c1-15-4-8-17(9-5-15)24(13-12-23(2)3)20(25)11-7-16-6-10-18(21)19(22)14-16/h6-7,10-11,14-15,17H,4-5,8-9,12-13H2,1-3H3/b11-7+. The van der Waals surface area contributed by atoms with E-state index in [2.05, 4.69) is 11.8 Å². The number of carbonyl (C=O) groups is 1. The number of halogens is 2. The molecule has 0 saturated heterocycles. The minimum Gasteiger partial charge on any atom is -0.335 e. The molecule has 1 aliphatic carbocycles. The number of amides is 1. The maximum Gasteiger partial charge on any atom is 0.246 e. The summed E-state index contributed by atoms with van der Waals surface area (Å²) < 4.78 is 0. The molecule has 2 rings (SSSR count). The third-order valence-corrected chi connectivity index (χ3v) is 5.60. The summed E-state index contributed by atoms with van der Waals surface area (Å²) in [6.45, 7) is 3.93. The molecule has 0 bridgehead atoms. The molecule has 0 heterocycles. The largest absolute Gasteiger partial charge is 0.335 e. The quantitative estimate of drug-likeness (QED) is 0.647. The van der Waals surface area contributed by atoms with Crippen molar-refractivity contribution in [1.82, 2.24) is 9.80 Å². The second-order valence-corrected chi connectivity index (χ2v) is 8.07. The fourth-order valence-corrected chi connectivity index (χ4v) is 3.52. The van der Waals surface area contributed by atoms with E-state index in [0.29, 0.717) is 16.1 Å². The number of hydrogen-bond acceptors (Lipinski definition) is 2. The van der Waals surface area contributed by atoms with E-state index in [1.54, 1.807) is 18.2 Å². The topological polar surface area (TPSA) is 23.6 Å². The second-order valence-electron chi connectivity index (χ2n) is 7.26. The van der Waals surface area contributed by atoms with Gasteiger partial charge < -0.3 is 9.80 Å². The van der Waals surface area contributed by atoms with Gasteiger partial charge in [-0.1, -0.05) is 36.2 Å². The second kappa shape index (κ2) is 9.61. The lowest BCUT2D eigenvalue weighted by molar-refractivity contribution is -0.129. The van der Waals surface area contributed by atoms with Crippen LogP contribution < -0.4 is 0 Å². The summed E-state index contributed by atoms with van der Waals surface area (Å²) >= 11 is 12.0. The minimum atomic E-state index is 0.0764. The molecule has 1 saturated carbocycles. The molecule has 0 atom stereocenters. The lowest BCUT2D eigenvalue weighted by Crippen LogP contribution is -2.44. The average molecular weight is 383 g/mol. The van der Waals surface area contributed by atoms with Gasteiger partial charge >= 0.3 is 0 Å². The Morgan fingerprint density at radius 1 is 1.12 bits per heavy atom. The summed E-state index contributed by atoms with van der Waals surface area (Å²) in [7, 11) is 4.08. The zero-order valence-corrected chi connectivity index (χ0v) is 16.9. The molecule has 0 spiro atoms. The third-order valence-electron chi connectivity index (χ3n) is 4.86. The Morgan fingerprint density at radius 2 is 1.80 bits per heavy atom. The summed E-state index contributed by atoms with van der Waals surface area (Å²) in [5.41, 5.74) is 0.882. The highest BCUT2D eigenvalue weighted by Crippen LogP contribution is 2.27. The zero-order valence-electron chi connectivity index (χ0n) is 15.3. The van der Waals surface area contributed by atoms with E-state index in [0.717, 1.165) is 37.4 Å². The van der Waals surface area contributed by atoms with Crippen LogP contribution in [0, 0.1) is 5.92 Å². The van der Waals surface area contributed by atoms with Crippen LogP contribution in [0.4, 0.5) is 0 Å². The maximum atomic E-state index is 12.8. The molecule has 1 aromatic rings. The van der Waals surface area contributed by atoms with Crippen molar-refractivity contribution in [2.24, 2.45) is 5.92 Å². The van der Waals surface area contributed by atoms with E-state index in [1.807, 2.05) is 31.1 Å². The first kappa shape index (κ1) is 20.3. The van der Waals surface area contributed by atoms with Crippen LogP contribution in [0.3, 0.4) is 0 Å². The number of hydrogen-bond donors (Lipinski definition) is 0. The summed E-state index contributed by atoms with van der Waals surface area (Å²) in [5, 5.41) is 1.02. The van der Waals surface area contributed by atoms with E-state index in [1.165, 1.54) is 12.8 Å². The predicted molar refractivity (Wildman–Crippen MR) is 107 cm³/mol. The molecule has 1 aliphatic rings. The Kier molecular flexibility index (Phi) is 7.80. The van der Waals surface area contributed by atoms with Gasteiger partial charge in [-0.3, -0.25) is 4.79 Å². The third kappa shape index (κ3) is 6.32. The molecule has 0 aliphatic heterocycles. The van der Waals surface area contributed by atoms with Crippen LogP contribution in [0.15, 0.2) is 24.3 Å². The molecular formula is C20H28Cl2N2O. The van der Waals surface area contributed by atoms with Crippen molar-refractivity contribution in [1.29, 1.82) is 0 Å². The van der Waals surface area contributed by atoms with Crippen molar-refractivity contribution in [3.05, 3.63) is 39.9 Å². The first-order valence-corrected chi connectivity index (χ1v) is 9.71. The van der Waals surface area contributed by atoms with Crippen molar-refractivity contribution in [2.45, 2.75) is 38.6 Å². The van der Waals surface area contributed by atoms with Gasteiger partial charge in [-0.2, -0.15) is 0 Å². The van der Waals surface area contributed by atoms with Gasteiger partial charge in [-0.05, 0) is 69.5 Å². The summed E-state index contributed by atoms with van der Waals surface area (Å²) in [5.74, 6) is 0.848. The highest BCUT2D eigenvalue weighted by molar-refractivity contribution is 6.42. The first-order chi connectivity index (χ1) is 11.9. The fourth-order valence-electron chi connectivity index (χ4n) is 3.21. The molecule has 5 heteroatoms. The molecular weight excluding hydrogens is 355 g/mol. The highest BCUT2D eigenvalue weighted by Gasteiger charge is 2.26.